The van der Waals surface area contributed by atoms with Crippen LogP contribution in [0, 0.1) is 0 Å². The number of nitrogens with zero attached hydrogens (tertiary/aromatic N) is 1. The largest absolute Gasteiger partial charge is 0.471 e. The summed E-state index contributed by atoms with van der Waals surface area (Å²) in [5, 5.41) is 11.5. The Labute approximate surface area is 141 Å². The number of hydrogen-bond acceptors (Lipinski definition) is 3. The van der Waals surface area contributed by atoms with Gasteiger partial charge in [-0.3, -0.25) is 0 Å². The third kappa shape index (κ3) is 3.87. The normalized spacial score (nSPS) is 24.8. The van der Waals surface area contributed by atoms with Crippen LogP contribution in [0.4, 0.5) is 26.3 Å². The lowest BCUT2D eigenvalue weighted by Gasteiger charge is -2.37. The van der Waals surface area contributed by atoms with Crippen molar-refractivity contribution in [3.8, 4) is 5.75 Å². The topological polar surface area (TPSA) is 32.7 Å². The molecule has 2 rings (SSSR count). The van der Waals surface area contributed by atoms with Gasteiger partial charge in [-0.25, -0.2) is 0 Å². The van der Waals surface area contributed by atoms with Crippen LogP contribution in [-0.2, 0) is 5.54 Å². The molecule has 0 aliphatic carbocycles. The fraction of sp³-hybridized carbons (Fsp3) is 0.625. The molecule has 0 bridgehead atoms. The van der Waals surface area contributed by atoms with Crippen molar-refractivity contribution < 1.29 is 36.3 Å². The van der Waals surface area contributed by atoms with Crippen LogP contribution in [0.25, 0.3) is 0 Å². The monoisotopic (exact) mass is 371 g/mol. The van der Waals surface area contributed by atoms with Crippen LogP contribution in [0.15, 0.2) is 24.3 Å². The second-order valence-corrected chi connectivity index (χ2v) is 7.00. The summed E-state index contributed by atoms with van der Waals surface area (Å²) >= 11 is 0. The predicted molar refractivity (Wildman–Crippen MR) is 77.3 cm³/mol. The molecule has 1 saturated heterocycles. The Balaban J connectivity index is 2.23. The maximum atomic E-state index is 12.5. The van der Waals surface area contributed by atoms with E-state index >= 15 is 0 Å². The Morgan fingerprint density at radius 3 is 1.80 bits per heavy atom. The first-order valence-electron chi connectivity index (χ1n) is 7.58. The minimum atomic E-state index is -5.57. The van der Waals surface area contributed by atoms with Gasteiger partial charge in [0.1, 0.15) is 5.75 Å². The highest BCUT2D eigenvalue weighted by atomic mass is 19.4. The standard InChI is InChI=1S/C16H19F6NO2/c1-13(2)8-9-14(3,23(13)24)10-4-6-11(7-5-10)25-12(15(17,18)19)16(20,21)22/h4-7,12,24H,8-9H2,1-3H3. The fourth-order valence-electron chi connectivity index (χ4n) is 3.04. The highest BCUT2D eigenvalue weighted by Gasteiger charge is 2.59. The van der Waals surface area contributed by atoms with Crippen molar-refractivity contribution >= 4 is 0 Å². The van der Waals surface area contributed by atoms with Crippen LogP contribution in [0.5, 0.6) is 5.75 Å². The summed E-state index contributed by atoms with van der Waals surface area (Å²) in [6.45, 7) is 5.44. The Bertz CT molecular complexity index is 597. The first-order valence-corrected chi connectivity index (χ1v) is 7.58. The molecule has 3 nitrogen and oxygen atoms in total. The average molecular weight is 371 g/mol. The maximum Gasteiger partial charge on any atom is 0.434 e. The molecule has 0 radical (unpaired) electrons. The van der Waals surface area contributed by atoms with E-state index in [-0.39, 0.29) is 0 Å². The van der Waals surface area contributed by atoms with Crippen molar-refractivity contribution in [1.29, 1.82) is 0 Å². The third-order valence-electron chi connectivity index (χ3n) is 4.59. The average Bonchev–Trinajstić information content (AvgIpc) is 2.68. The van der Waals surface area contributed by atoms with Gasteiger partial charge in [0.15, 0.2) is 0 Å². The number of hydrogen-bond donors (Lipinski definition) is 1. The zero-order valence-corrected chi connectivity index (χ0v) is 13.9. The molecular formula is C16H19F6NO2. The predicted octanol–water partition coefficient (Wildman–Crippen LogP) is 5.04. The van der Waals surface area contributed by atoms with Crippen LogP contribution in [0.3, 0.4) is 0 Å². The number of rotatable bonds is 3. The number of ether oxygens (including phenoxy) is 1. The van der Waals surface area contributed by atoms with Gasteiger partial charge in [-0.1, -0.05) is 12.1 Å². The lowest BCUT2D eigenvalue weighted by molar-refractivity contribution is -0.299. The van der Waals surface area contributed by atoms with E-state index < -0.39 is 35.3 Å². The summed E-state index contributed by atoms with van der Waals surface area (Å²) in [6, 6.07) is 4.82. The number of alkyl halides is 6. The van der Waals surface area contributed by atoms with Crippen molar-refractivity contribution in [3.05, 3.63) is 29.8 Å². The number of halogens is 6. The van der Waals surface area contributed by atoms with Crippen molar-refractivity contribution in [2.75, 3.05) is 0 Å². The van der Waals surface area contributed by atoms with Gasteiger partial charge in [-0.15, -0.1) is 0 Å². The Morgan fingerprint density at radius 1 is 0.960 bits per heavy atom. The zero-order valence-electron chi connectivity index (χ0n) is 13.9. The van der Waals surface area contributed by atoms with Crippen LogP contribution in [0.1, 0.15) is 39.2 Å². The van der Waals surface area contributed by atoms with Crippen molar-refractivity contribution in [3.63, 3.8) is 0 Å². The van der Waals surface area contributed by atoms with Crippen LogP contribution in [-0.4, -0.2) is 34.3 Å². The van der Waals surface area contributed by atoms with Gasteiger partial charge >= 0.3 is 12.4 Å². The van der Waals surface area contributed by atoms with Gasteiger partial charge in [0, 0.05) is 5.54 Å². The highest BCUT2D eigenvalue weighted by molar-refractivity contribution is 5.33. The Morgan fingerprint density at radius 2 is 1.44 bits per heavy atom. The lowest BCUT2D eigenvalue weighted by Crippen LogP contribution is -2.46. The summed E-state index contributed by atoms with van der Waals surface area (Å²) in [5.41, 5.74) is -0.694. The second-order valence-electron chi connectivity index (χ2n) is 7.00. The van der Waals surface area contributed by atoms with Gasteiger partial charge in [0.2, 0.25) is 0 Å². The summed E-state index contributed by atoms with van der Waals surface area (Å²) in [7, 11) is 0. The summed E-state index contributed by atoms with van der Waals surface area (Å²) in [5.74, 6) is -0.547. The number of hydroxylamine groups is 2. The molecule has 0 amide bonds. The molecule has 1 aromatic rings. The molecule has 9 heteroatoms. The minimum Gasteiger partial charge on any atom is -0.471 e. The van der Waals surface area contributed by atoms with E-state index in [2.05, 4.69) is 4.74 Å². The summed E-state index contributed by atoms with van der Waals surface area (Å²) in [6.07, 6.45) is -13.8. The molecule has 1 aliphatic heterocycles. The van der Waals surface area contributed by atoms with Gasteiger partial charge in [-0.2, -0.15) is 31.4 Å². The molecule has 25 heavy (non-hydrogen) atoms. The molecule has 1 fully saturated rings. The minimum absolute atomic E-state index is 0.485. The fourth-order valence-corrected chi connectivity index (χ4v) is 3.04. The molecule has 1 N–H and O–H groups in total. The molecule has 0 aromatic heterocycles. The number of benzene rings is 1. The van der Waals surface area contributed by atoms with Crippen LogP contribution < -0.4 is 4.74 Å². The van der Waals surface area contributed by atoms with Gasteiger partial charge < -0.3 is 9.94 Å². The SMILES string of the molecule is CC1(C)CCC(C)(c2ccc(OC(C(F)(F)F)C(F)(F)F)cc2)N1O. The van der Waals surface area contributed by atoms with E-state index in [1.807, 2.05) is 13.8 Å². The van der Waals surface area contributed by atoms with Crippen molar-refractivity contribution in [2.24, 2.45) is 0 Å². The van der Waals surface area contributed by atoms with E-state index in [0.717, 1.165) is 12.1 Å². The lowest BCUT2D eigenvalue weighted by atomic mass is 9.90. The molecule has 0 saturated carbocycles. The summed E-state index contributed by atoms with van der Waals surface area (Å²) < 4.78 is 79.4. The van der Waals surface area contributed by atoms with E-state index in [9.17, 15) is 31.5 Å². The van der Waals surface area contributed by atoms with E-state index in [1.54, 1.807) is 6.92 Å². The van der Waals surface area contributed by atoms with Crippen molar-refractivity contribution in [2.45, 2.75) is 63.1 Å². The molecule has 1 atom stereocenters. The molecule has 1 heterocycles. The molecule has 142 valence electrons. The molecular weight excluding hydrogens is 352 g/mol. The Hall–Kier alpha value is -1.48. The first-order chi connectivity index (χ1) is 11.2. The van der Waals surface area contributed by atoms with Gasteiger partial charge in [-0.05, 0) is 51.3 Å². The quantitative estimate of drug-likeness (QED) is 0.756. The van der Waals surface area contributed by atoms with E-state index in [4.69, 9.17) is 0 Å². The third-order valence-corrected chi connectivity index (χ3v) is 4.59. The van der Waals surface area contributed by atoms with Gasteiger partial charge in [0.05, 0.1) is 5.54 Å². The van der Waals surface area contributed by atoms with Crippen molar-refractivity contribution in [1.82, 2.24) is 5.06 Å². The molecule has 0 spiro atoms. The first kappa shape index (κ1) is 19.8. The molecule has 1 unspecified atom stereocenters. The molecule has 1 aromatic carbocycles. The van der Waals surface area contributed by atoms with Crippen LogP contribution >= 0.6 is 0 Å². The Kier molecular flexibility index (Phi) is 4.80. The summed E-state index contributed by atoms with van der Waals surface area (Å²) in [4.78, 5) is 0. The highest BCUT2D eigenvalue weighted by Crippen LogP contribution is 2.46. The van der Waals surface area contributed by atoms with Crippen LogP contribution in [0.2, 0.25) is 0 Å². The van der Waals surface area contributed by atoms with Gasteiger partial charge in [0.25, 0.3) is 6.10 Å². The van der Waals surface area contributed by atoms with E-state index in [0.29, 0.717) is 18.4 Å². The zero-order chi connectivity index (χ0) is 19.3. The van der Waals surface area contributed by atoms with E-state index in [1.165, 1.54) is 17.2 Å². The maximum absolute atomic E-state index is 12.5. The smallest absolute Gasteiger partial charge is 0.434 e. The second kappa shape index (κ2) is 6.05. The molecule has 1 aliphatic rings.